The number of aliphatic imine (C=N–C) groups is 1. The lowest BCUT2D eigenvalue weighted by Crippen LogP contribution is -2.25. The summed E-state index contributed by atoms with van der Waals surface area (Å²) in [6.07, 6.45) is 0.712. The van der Waals surface area contributed by atoms with Crippen molar-refractivity contribution < 1.29 is 14.3 Å². The Bertz CT molecular complexity index is 1320. The van der Waals surface area contributed by atoms with Crippen molar-refractivity contribution in [1.82, 2.24) is 5.01 Å². The van der Waals surface area contributed by atoms with Gasteiger partial charge in [-0.25, -0.2) is 5.01 Å². The van der Waals surface area contributed by atoms with Crippen molar-refractivity contribution in [3.05, 3.63) is 95.6 Å². The summed E-state index contributed by atoms with van der Waals surface area (Å²) in [5, 5.41) is 9.50. The van der Waals surface area contributed by atoms with Crippen LogP contribution in [-0.2, 0) is 9.59 Å². The maximum atomic E-state index is 12.8. The average molecular weight is 499 g/mol. The van der Waals surface area contributed by atoms with Crippen LogP contribution in [0.2, 0.25) is 0 Å². The number of aryl methyl sites for hydroxylation is 1. The topological polar surface area (TPSA) is 83.4 Å². The lowest BCUT2D eigenvalue weighted by molar-refractivity contribution is -0.121. The van der Waals surface area contributed by atoms with Gasteiger partial charge in [0.05, 0.1) is 18.9 Å². The zero-order valence-corrected chi connectivity index (χ0v) is 20.9. The molecule has 2 aliphatic heterocycles. The summed E-state index contributed by atoms with van der Waals surface area (Å²) in [4.78, 5) is 29.7. The molecule has 2 aliphatic rings. The van der Waals surface area contributed by atoms with Crippen LogP contribution in [0.5, 0.6) is 5.75 Å². The quantitative estimate of drug-likeness (QED) is 0.506. The second-order valence-corrected chi connectivity index (χ2v) is 9.88. The number of methoxy groups -OCH3 is 1. The molecule has 8 heteroatoms. The first-order valence-corrected chi connectivity index (χ1v) is 12.6. The van der Waals surface area contributed by atoms with Crippen LogP contribution >= 0.6 is 11.8 Å². The van der Waals surface area contributed by atoms with Crippen LogP contribution in [-0.4, -0.2) is 40.1 Å². The molecule has 0 saturated carbocycles. The summed E-state index contributed by atoms with van der Waals surface area (Å²) < 4.78 is 5.31. The van der Waals surface area contributed by atoms with Gasteiger partial charge in [0.1, 0.15) is 11.0 Å². The van der Waals surface area contributed by atoms with Crippen LogP contribution in [0, 0.1) is 6.92 Å². The maximum absolute atomic E-state index is 12.8. The fourth-order valence-corrected chi connectivity index (χ4v) is 5.26. The molecule has 182 valence electrons. The molecule has 0 saturated heterocycles. The van der Waals surface area contributed by atoms with Gasteiger partial charge in [0.15, 0.2) is 5.17 Å². The molecule has 2 amide bonds. The Kier molecular flexibility index (Phi) is 6.86. The molecule has 3 aromatic rings. The molecular formula is C28H26N4O3S. The molecule has 2 atom stereocenters. The fourth-order valence-electron chi connectivity index (χ4n) is 4.20. The molecule has 0 aromatic heterocycles. The van der Waals surface area contributed by atoms with Gasteiger partial charge in [-0.3, -0.25) is 9.59 Å². The maximum Gasteiger partial charge on any atom is 0.262 e. The summed E-state index contributed by atoms with van der Waals surface area (Å²) in [5.74, 6) is 0.239. The first kappa shape index (κ1) is 23.8. The number of amidine groups is 1. The van der Waals surface area contributed by atoms with Crippen LogP contribution in [0.1, 0.15) is 35.6 Å². The van der Waals surface area contributed by atoms with Crippen molar-refractivity contribution in [3.63, 3.8) is 0 Å². The van der Waals surface area contributed by atoms with Crippen molar-refractivity contribution in [3.8, 4) is 5.75 Å². The van der Waals surface area contributed by atoms with E-state index in [0.29, 0.717) is 17.3 Å². The van der Waals surface area contributed by atoms with Gasteiger partial charge in [-0.1, -0.05) is 71.9 Å². The number of amides is 2. The minimum atomic E-state index is -0.585. The minimum Gasteiger partial charge on any atom is -0.497 e. The molecule has 0 bridgehead atoms. The second-order valence-electron chi connectivity index (χ2n) is 8.71. The highest BCUT2D eigenvalue weighted by atomic mass is 32.2. The van der Waals surface area contributed by atoms with Crippen molar-refractivity contribution >= 4 is 40.1 Å². The minimum absolute atomic E-state index is 0.0423. The van der Waals surface area contributed by atoms with Crippen LogP contribution < -0.4 is 10.1 Å². The van der Waals surface area contributed by atoms with Gasteiger partial charge in [0.25, 0.3) is 5.91 Å². The van der Waals surface area contributed by atoms with E-state index in [2.05, 4.69) is 10.3 Å². The molecule has 1 N–H and O–H groups in total. The fraction of sp³-hybridized carbons (Fsp3) is 0.214. The van der Waals surface area contributed by atoms with Gasteiger partial charge in [0, 0.05) is 18.5 Å². The molecule has 7 nitrogen and oxygen atoms in total. The van der Waals surface area contributed by atoms with E-state index in [1.165, 1.54) is 11.8 Å². The third-order valence-corrected chi connectivity index (χ3v) is 7.29. The SMILES string of the molecule is COc1ccc(C2CC(c3ccccc3)=NN2C2=NC(=O)C(CC(=O)Nc3ccc(C)cc3)S2)cc1. The molecule has 0 fully saturated rings. The summed E-state index contributed by atoms with van der Waals surface area (Å²) in [5.41, 5.74) is 4.82. The Morgan fingerprint density at radius 1 is 1.06 bits per heavy atom. The monoisotopic (exact) mass is 498 g/mol. The van der Waals surface area contributed by atoms with Crippen LogP contribution in [0.15, 0.2) is 89.0 Å². The molecule has 5 rings (SSSR count). The number of carbonyl (C=O) groups is 2. The molecule has 2 heterocycles. The molecule has 0 radical (unpaired) electrons. The number of benzene rings is 3. The Labute approximate surface area is 214 Å². The number of nitrogens with one attached hydrogen (secondary N) is 1. The number of ether oxygens (including phenoxy) is 1. The number of anilines is 1. The third-order valence-electron chi connectivity index (χ3n) is 6.15. The summed E-state index contributed by atoms with van der Waals surface area (Å²) in [6, 6.07) is 25.3. The highest BCUT2D eigenvalue weighted by Crippen LogP contribution is 2.39. The van der Waals surface area contributed by atoms with Gasteiger partial charge >= 0.3 is 0 Å². The van der Waals surface area contributed by atoms with Crippen LogP contribution in [0.25, 0.3) is 0 Å². The van der Waals surface area contributed by atoms with E-state index in [1.807, 2.05) is 90.8 Å². The van der Waals surface area contributed by atoms with E-state index < -0.39 is 5.25 Å². The van der Waals surface area contributed by atoms with Gasteiger partial charge in [-0.2, -0.15) is 10.1 Å². The zero-order valence-electron chi connectivity index (χ0n) is 20.0. The van der Waals surface area contributed by atoms with E-state index >= 15 is 0 Å². The molecule has 0 spiro atoms. The summed E-state index contributed by atoms with van der Waals surface area (Å²) in [7, 11) is 1.64. The summed E-state index contributed by atoms with van der Waals surface area (Å²) in [6.45, 7) is 1.99. The first-order chi connectivity index (χ1) is 17.5. The average Bonchev–Trinajstić information content (AvgIpc) is 3.50. The Morgan fingerprint density at radius 3 is 2.47 bits per heavy atom. The Morgan fingerprint density at radius 2 is 1.78 bits per heavy atom. The van der Waals surface area contributed by atoms with Gasteiger partial charge in [-0.15, -0.1) is 0 Å². The molecule has 3 aromatic carbocycles. The van der Waals surface area contributed by atoms with Crippen molar-refractivity contribution in [2.75, 3.05) is 12.4 Å². The van der Waals surface area contributed by atoms with E-state index in [4.69, 9.17) is 9.84 Å². The van der Waals surface area contributed by atoms with E-state index in [1.54, 1.807) is 7.11 Å². The lowest BCUT2D eigenvalue weighted by atomic mass is 9.98. The molecule has 36 heavy (non-hydrogen) atoms. The number of hydrogen-bond acceptors (Lipinski definition) is 6. The predicted molar refractivity (Wildman–Crippen MR) is 143 cm³/mol. The van der Waals surface area contributed by atoms with E-state index in [9.17, 15) is 9.59 Å². The smallest absolute Gasteiger partial charge is 0.262 e. The highest BCUT2D eigenvalue weighted by Gasteiger charge is 2.39. The second kappa shape index (κ2) is 10.4. The van der Waals surface area contributed by atoms with Crippen LogP contribution in [0.3, 0.4) is 0 Å². The predicted octanol–water partition coefficient (Wildman–Crippen LogP) is 5.18. The number of hydrazone groups is 1. The largest absolute Gasteiger partial charge is 0.497 e. The first-order valence-electron chi connectivity index (χ1n) is 11.7. The van der Waals surface area contributed by atoms with E-state index in [0.717, 1.165) is 28.2 Å². The number of hydrogen-bond donors (Lipinski definition) is 1. The van der Waals surface area contributed by atoms with E-state index in [-0.39, 0.29) is 24.3 Å². The van der Waals surface area contributed by atoms with Crippen molar-refractivity contribution in [2.24, 2.45) is 10.1 Å². The van der Waals surface area contributed by atoms with Gasteiger partial charge in [0.2, 0.25) is 5.91 Å². The summed E-state index contributed by atoms with van der Waals surface area (Å²) >= 11 is 1.29. The number of nitrogens with zero attached hydrogens (tertiary/aromatic N) is 3. The standard InChI is InChI=1S/C28H26N4O3S/c1-18-8-12-21(13-9-18)29-26(33)17-25-27(34)30-28(36-25)32-24(20-10-14-22(35-2)15-11-20)16-23(31-32)19-6-4-3-5-7-19/h3-15,24-25H,16-17H2,1-2H3,(H,29,33). The Hall–Kier alpha value is -3.91. The molecule has 2 unspecified atom stereocenters. The normalized spacial score (nSPS) is 19.2. The number of rotatable bonds is 6. The zero-order chi connectivity index (χ0) is 25.1. The van der Waals surface area contributed by atoms with Gasteiger partial charge in [-0.05, 0) is 42.3 Å². The van der Waals surface area contributed by atoms with Crippen LogP contribution in [0.4, 0.5) is 5.69 Å². The molecular weight excluding hydrogens is 472 g/mol. The third kappa shape index (κ3) is 5.18. The highest BCUT2D eigenvalue weighted by molar-refractivity contribution is 8.15. The van der Waals surface area contributed by atoms with Crippen molar-refractivity contribution in [1.29, 1.82) is 0 Å². The molecule has 0 aliphatic carbocycles. The number of carbonyl (C=O) groups excluding carboxylic acids is 2. The van der Waals surface area contributed by atoms with Crippen molar-refractivity contribution in [2.45, 2.75) is 31.1 Å². The van der Waals surface area contributed by atoms with Gasteiger partial charge < -0.3 is 10.1 Å². The Balaban J connectivity index is 1.34. The lowest BCUT2D eigenvalue weighted by Gasteiger charge is -2.23. The number of thioether (sulfide) groups is 1.